The molecule has 0 fully saturated rings. The molecule has 0 bridgehead atoms. The van der Waals surface area contributed by atoms with Gasteiger partial charge in [-0.05, 0) is 48.1 Å². The second kappa shape index (κ2) is 17.5. The summed E-state index contributed by atoms with van der Waals surface area (Å²) >= 11 is 8.08. The van der Waals surface area contributed by atoms with Crippen molar-refractivity contribution in [2.45, 2.75) is 97.4 Å². The Bertz CT molecular complexity index is 1010. The van der Waals surface area contributed by atoms with Crippen molar-refractivity contribution in [3.05, 3.63) is 69.7 Å². The van der Waals surface area contributed by atoms with Gasteiger partial charge in [-0.15, -0.1) is 11.8 Å². The normalized spacial score (nSPS) is 13.0. The highest BCUT2D eigenvalue weighted by Crippen LogP contribution is 2.29. The highest BCUT2D eigenvalue weighted by Gasteiger charge is 2.13. The Kier molecular flexibility index (Phi) is 14.0. The van der Waals surface area contributed by atoms with Crippen LogP contribution in [0.15, 0.2) is 53.6 Å². The Hall–Kier alpha value is -2.11. The molecule has 0 aromatic heterocycles. The fourth-order valence-electron chi connectivity index (χ4n) is 4.64. The van der Waals surface area contributed by atoms with E-state index in [1.165, 1.54) is 74.7 Å². The number of hydrogen-bond donors (Lipinski definition) is 1. The number of anilines is 1. The number of unbranched alkanes of at least 4 members (excludes halogenated alkanes) is 11. The van der Waals surface area contributed by atoms with Crippen LogP contribution in [0.5, 0.6) is 5.75 Å². The van der Waals surface area contributed by atoms with Gasteiger partial charge in [0.2, 0.25) is 0 Å². The lowest BCUT2D eigenvalue weighted by Crippen LogP contribution is -2.14. The van der Waals surface area contributed by atoms with E-state index >= 15 is 0 Å². The standard InChI is InChI=1S/C32H45ClN2O2S/c1-3-4-5-6-7-8-9-10-11-12-13-14-21-37-31-22-29(33)19-20-30(31)34-32(36)28-17-15-27(16-18-28)24-35-23-26(2)38-25-35/h15-20,22-23H,3-14,21,24-25H2,1-2H3,(H,34,36). The molecule has 3 rings (SSSR count). The number of carbonyl (C=O) groups is 1. The first-order valence-electron chi connectivity index (χ1n) is 14.4. The van der Waals surface area contributed by atoms with Crippen LogP contribution in [0.25, 0.3) is 0 Å². The fourth-order valence-corrected chi connectivity index (χ4v) is 5.56. The van der Waals surface area contributed by atoms with Gasteiger partial charge in [0.15, 0.2) is 0 Å². The Morgan fingerprint density at radius 1 is 0.921 bits per heavy atom. The van der Waals surface area contributed by atoms with Crippen LogP contribution in [0.4, 0.5) is 5.69 Å². The van der Waals surface area contributed by atoms with Crippen LogP contribution < -0.4 is 10.1 Å². The van der Waals surface area contributed by atoms with Gasteiger partial charge < -0.3 is 15.0 Å². The molecular formula is C32H45ClN2O2S. The number of ether oxygens (including phenoxy) is 1. The molecule has 0 unspecified atom stereocenters. The van der Waals surface area contributed by atoms with Gasteiger partial charge in [0.25, 0.3) is 5.91 Å². The van der Waals surface area contributed by atoms with Crippen LogP contribution in [-0.4, -0.2) is 23.3 Å². The molecule has 0 spiro atoms. The zero-order valence-electron chi connectivity index (χ0n) is 23.3. The number of halogens is 1. The summed E-state index contributed by atoms with van der Waals surface area (Å²) in [6.45, 7) is 5.87. The lowest BCUT2D eigenvalue weighted by molar-refractivity contribution is 0.102. The highest BCUT2D eigenvalue weighted by molar-refractivity contribution is 8.03. The molecule has 1 heterocycles. The number of nitrogens with one attached hydrogen (secondary N) is 1. The molecule has 4 nitrogen and oxygen atoms in total. The molecule has 1 N–H and O–H groups in total. The van der Waals surface area contributed by atoms with Crippen molar-refractivity contribution < 1.29 is 9.53 Å². The Morgan fingerprint density at radius 3 is 2.16 bits per heavy atom. The van der Waals surface area contributed by atoms with E-state index in [0.717, 1.165) is 25.3 Å². The summed E-state index contributed by atoms with van der Waals surface area (Å²) in [5.41, 5.74) is 2.46. The van der Waals surface area contributed by atoms with Crippen LogP contribution in [-0.2, 0) is 6.54 Å². The van der Waals surface area contributed by atoms with Crippen LogP contribution in [0.3, 0.4) is 0 Å². The number of hydrogen-bond acceptors (Lipinski definition) is 4. The lowest BCUT2D eigenvalue weighted by atomic mass is 10.1. The Labute approximate surface area is 239 Å². The molecule has 208 valence electrons. The van der Waals surface area contributed by atoms with E-state index in [4.69, 9.17) is 16.3 Å². The monoisotopic (exact) mass is 556 g/mol. The first-order chi connectivity index (χ1) is 18.5. The summed E-state index contributed by atoms with van der Waals surface area (Å²) in [5, 5.41) is 3.60. The van der Waals surface area contributed by atoms with E-state index in [-0.39, 0.29) is 5.91 Å². The first-order valence-corrected chi connectivity index (χ1v) is 15.8. The van der Waals surface area contributed by atoms with Gasteiger partial charge in [0.05, 0.1) is 18.2 Å². The lowest BCUT2D eigenvalue weighted by Gasteiger charge is -2.15. The topological polar surface area (TPSA) is 41.6 Å². The second-order valence-electron chi connectivity index (χ2n) is 10.3. The van der Waals surface area contributed by atoms with Crippen LogP contribution in [0.2, 0.25) is 5.02 Å². The third kappa shape index (κ3) is 11.3. The maximum Gasteiger partial charge on any atom is 0.255 e. The number of carbonyl (C=O) groups excluding carboxylic acids is 1. The van der Waals surface area contributed by atoms with Crippen LogP contribution in [0, 0.1) is 0 Å². The summed E-state index contributed by atoms with van der Waals surface area (Å²) in [6.07, 6.45) is 17.9. The summed E-state index contributed by atoms with van der Waals surface area (Å²) in [4.78, 5) is 16.5. The molecule has 1 amide bonds. The summed E-state index contributed by atoms with van der Waals surface area (Å²) in [5.74, 6) is 1.45. The number of thioether (sulfide) groups is 1. The SMILES string of the molecule is CCCCCCCCCCCCCCOc1cc(Cl)ccc1NC(=O)c1ccc(CN2C=C(C)SC2)cc1. The van der Waals surface area contributed by atoms with Crippen molar-refractivity contribution in [3.63, 3.8) is 0 Å². The van der Waals surface area contributed by atoms with Crippen molar-refractivity contribution in [3.8, 4) is 5.75 Å². The quantitative estimate of drug-likeness (QED) is 0.185. The van der Waals surface area contributed by atoms with Crippen molar-refractivity contribution in [2.75, 3.05) is 17.8 Å². The molecule has 0 aliphatic carbocycles. The number of amides is 1. The van der Waals surface area contributed by atoms with Gasteiger partial charge >= 0.3 is 0 Å². The molecule has 38 heavy (non-hydrogen) atoms. The summed E-state index contributed by atoms with van der Waals surface area (Å²) in [6, 6.07) is 13.2. The smallest absolute Gasteiger partial charge is 0.255 e. The molecule has 1 aliphatic heterocycles. The minimum absolute atomic E-state index is 0.151. The molecule has 0 saturated carbocycles. The molecular weight excluding hydrogens is 512 g/mol. The Balaban J connectivity index is 1.36. The first kappa shape index (κ1) is 30.4. The average Bonchev–Trinajstić information content (AvgIpc) is 3.32. The largest absolute Gasteiger partial charge is 0.491 e. The molecule has 2 aromatic carbocycles. The van der Waals surface area contributed by atoms with Gasteiger partial charge in [0, 0.05) is 29.4 Å². The third-order valence-corrected chi connectivity index (χ3v) is 8.13. The number of allylic oxidation sites excluding steroid dienone is 1. The third-order valence-electron chi connectivity index (χ3n) is 6.87. The van der Waals surface area contributed by atoms with Gasteiger partial charge in [-0.3, -0.25) is 4.79 Å². The minimum Gasteiger partial charge on any atom is -0.491 e. The van der Waals surface area contributed by atoms with Crippen LogP contribution >= 0.6 is 23.4 Å². The van der Waals surface area contributed by atoms with E-state index in [9.17, 15) is 4.79 Å². The molecule has 1 aliphatic rings. The second-order valence-corrected chi connectivity index (χ2v) is 11.9. The highest BCUT2D eigenvalue weighted by atomic mass is 35.5. The average molecular weight is 557 g/mol. The zero-order chi connectivity index (χ0) is 27.0. The molecule has 2 aromatic rings. The molecule has 0 atom stereocenters. The summed E-state index contributed by atoms with van der Waals surface area (Å²) in [7, 11) is 0. The predicted octanol–water partition coefficient (Wildman–Crippen LogP) is 10.0. The van der Waals surface area contributed by atoms with Gasteiger partial charge in [0.1, 0.15) is 5.75 Å². The van der Waals surface area contributed by atoms with Crippen molar-refractivity contribution in [1.82, 2.24) is 4.90 Å². The zero-order valence-corrected chi connectivity index (χ0v) is 24.8. The molecule has 6 heteroatoms. The van der Waals surface area contributed by atoms with Crippen molar-refractivity contribution in [1.29, 1.82) is 0 Å². The maximum absolute atomic E-state index is 12.9. The van der Waals surface area contributed by atoms with Crippen LogP contribution in [0.1, 0.15) is 107 Å². The van der Waals surface area contributed by atoms with Crippen molar-refractivity contribution in [2.24, 2.45) is 0 Å². The van der Waals surface area contributed by atoms with Crippen molar-refractivity contribution >= 4 is 35.0 Å². The number of benzene rings is 2. The van der Waals surface area contributed by atoms with Gasteiger partial charge in [-0.2, -0.15) is 0 Å². The van der Waals surface area contributed by atoms with E-state index in [1.807, 2.05) is 42.1 Å². The Morgan fingerprint density at radius 2 is 1.55 bits per heavy atom. The fraction of sp³-hybridized carbons (Fsp3) is 0.531. The summed E-state index contributed by atoms with van der Waals surface area (Å²) < 4.78 is 6.04. The van der Waals surface area contributed by atoms with Gasteiger partial charge in [-0.25, -0.2) is 0 Å². The van der Waals surface area contributed by atoms with E-state index in [0.29, 0.717) is 28.6 Å². The predicted molar refractivity (Wildman–Crippen MR) is 164 cm³/mol. The minimum atomic E-state index is -0.151. The number of nitrogens with zero attached hydrogens (tertiary/aromatic N) is 1. The van der Waals surface area contributed by atoms with Gasteiger partial charge in [-0.1, -0.05) is 101 Å². The van der Waals surface area contributed by atoms with E-state index in [2.05, 4.69) is 30.3 Å². The maximum atomic E-state index is 12.9. The van der Waals surface area contributed by atoms with E-state index in [1.54, 1.807) is 12.1 Å². The van der Waals surface area contributed by atoms with E-state index < -0.39 is 0 Å². The molecule has 0 saturated heterocycles. The molecule has 0 radical (unpaired) electrons. The number of rotatable bonds is 18.